The van der Waals surface area contributed by atoms with E-state index >= 15 is 0 Å². The minimum atomic E-state index is -0.562. The highest BCUT2D eigenvalue weighted by atomic mass is 32.2. The lowest BCUT2D eigenvalue weighted by atomic mass is 10.2. The second kappa shape index (κ2) is 6.20. The highest BCUT2D eigenvalue weighted by molar-refractivity contribution is 7.99. The van der Waals surface area contributed by atoms with Crippen LogP contribution in [0.5, 0.6) is 11.5 Å². The normalized spacial score (nSPS) is 18.6. The van der Waals surface area contributed by atoms with Crippen molar-refractivity contribution >= 4 is 11.8 Å². The van der Waals surface area contributed by atoms with E-state index in [4.69, 9.17) is 9.47 Å². The zero-order chi connectivity index (χ0) is 13.8. The quantitative estimate of drug-likeness (QED) is 0.878. The Bertz CT molecular complexity index is 559. The summed E-state index contributed by atoms with van der Waals surface area (Å²) in [5, 5.41) is 10.2. The predicted octanol–water partition coefficient (Wildman–Crippen LogP) is 2.98. The molecule has 20 heavy (non-hydrogen) atoms. The van der Waals surface area contributed by atoms with E-state index in [-0.39, 0.29) is 6.10 Å². The van der Waals surface area contributed by atoms with Crippen LogP contribution in [0.2, 0.25) is 0 Å². The summed E-state index contributed by atoms with van der Waals surface area (Å²) < 4.78 is 11.4. The number of fused-ring (bicyclic) bond motifs is 1. The van der Waals surface area contributed by atoms with Gasteiger partial charge >= 0.3 is 0 Å². The Kier molecular flexibility index (Phi) is 4.14. The summed E-state index contributed by atoms with van der Waals surface area (Å²) in [6, 6.07) is 17.6. The average Bonchev–Trinajstić information content (AvgIpc) is 2.53. The monoisotopic (exact) mass is 288 g/mol. The molecule has 1 N–H and O–H groups in total. The molecule has 0 aromatic heterocycles. The van der Waals surface area contributed by atoms with Crippen molar-refractivity contribution < 1.29 is 14.6 Å². The summed E-state index contributed by atoms with van der Waals surface area (Å²) in [5.74, 6) is 2.03. The van der Waals surface area contributed by atoms with Crippen molar-refractivity contribution in [2.45, 2.75) is 17.1 Å². The summed E-state index contributed by atoms with van der Waals surface area (Å²) >= 11 is 1.62. The molecular weight excluding hydrogens is 272 g/mol. The predicted molar refractivity (Wildman–Crippen MR) is 79.5 cm³/mol. The maximum absolute atomic E-state index is 10.2. The van der Waals surface area contributed by atoms with Crippen LogP contribution in [0.15, 0.2) is 59.5 Å². The number of hydrogen-bond donors (Lipinski definition) is 1. The van der Waals surface area contributed by atoms with E-state index < -0.39 is 6.10 Å². The lowest BCUT2D eigenvalue weighted by Gasteiger charge is -2.29. The van der Waals surface area contributed by atoms with Crippen LogP contribution in [0.25, 0.3) is 0 Å². The molecule has 2 atom stereocenters. The molecule has 104 valence electrons. The third kappa shape index (κ3) is 3.08. The summed E-state index contributed by atoms with van der Waals surface area (Å²) in [6.07, 6.45) is -0.880. The first-order valence-corrected chi connectivity index (χ1v) is 7.56. The molecule has 0 amide bonds. The van der Waals surface area contributed by atoms with Gasteiger partial charge in [0.1, 0.15) is 12.7 Å². The number of para-hydroxylation sites is 2. The number of benzene rings is 2. The highest BCUT2D eigenvalue weighted by Gasteiger charge is 2.27. The zero-order valence-corrected chi connectivity index (χ0v) is 11.8. The minimum absolute atomic E-state index is 0.318. The minimum Gasteiger partial charge on any atom is -0.486 e. The molecule has 4 heteroatoms. The topological polar surface area (TPSA) is 38.7 Å². The molecule has 3 nitrogen and oxygen atoms in total. The summed E-state index contributed by atoms with van der Waals surface area (Å²) in [5.41, 5.74) is 0. The molecule has 1 aliphatic rings. The van der Waals surface area contributed by atoms with Crippen LogP contribution in [-0.4, -0.2) is 29.7 Å². The number of ether oxygens (including phenoxy) is 2. The van der Waals surface area contributed by atoms with Crippen molar-refractivity contribution in [3.8, 4) is 11.5 Å². The smallest absolute Gasteiger partial charge is 0.161 e. The molecule has 0 saturated carbocycles. The molecule has 3 rings (SSSR count). The highest BCUT2D eigenvalue weighted by Crippen LogP contribution is 2.32. The number of aliphatic hydroxyl groups excluding tert-OH is 1. The molecule has 0 spiro atoms. The average molecular weight is 288 g/mol. The molecule has 2 unspecified atom stereocenters. The van der Waals surface area contributed by atoms with Crippen LogP contribution in [-0.2, 0) is 0 Å². The van der Waals surface area contributed by atoms with Crippen molar-refractivity contribution in [3.63, 3.8) is 0 Å². The molecule has 0 saturated heterocycles. The molecule has 2 aromatic carbocycles. The lowest BCUT2D eigenvalue weighted by molar-refractivity contribution is 0.00147. The van der Waals surface area contributed by atoms with Crippen LogP contribution in [0.4, 0.5) is 0 Å². The van der Waals surface area contributed by atoms with Crippen LogP contribution in [0.1, 0.15) is 0 Å². The summed E-state index contributed by atoms with van der Waals surface area (Å²) in [7, 11) is 0. The Labute approximate surface area is 122 Å². The SMILES string of the molecule is OC(CSc1ccccc1)C1COc2ccccc2O1. The molecule has 1 aliphatic heterocycles. The second-order valence-electron chi connectivity index (χ2n) is 4.61. The van der Waals surface area contributed by atoms with Gasteiger partial charge in [0.05, 0.1) is 0 Å². The van der Waals surface area contributed by atoms with Crippen LogP contribution in [0.3, 0.4) is 0 Å². The first-order valence-electron chi connectivity index (χ1n) is 6.57. The standard InChI is InChI=1S/C16H16O3S/c17-13(11-20-12-6-2-1-3-7-12)16-10-18-14-8-4-5-9-15(14)19-16/h1-9,13,16-17H,10-11H2. The van der Waals surface area contributed by atoms with Gasteiger partial charge in [0.25, 0.3) is 0 Å². The first-order chi connectivity index (χ1) is 9.83. The third-order valence-electron chi connectivity index (χ3n) is 3.12. The molecule has 0 fully saturated rings. The number of rotatable bonds is 4. The summed E-state index contributed by atoms with van der Waals surface area (Å²) in [4.78, 5) is 1.14. The van der Waals surface area contributed by atoms with E-state index in [1.165, 1.54) is 0 Å². The number of thioether (sulfide) groups is 1. The largest absolute Gasteiger partial charge is 0.486 e. The zero-order valence-electron chi connectivity index (χ0n) is 10.9. The van der Waals surface area contributed by atoms with Crippen molar-refractivity contribution in [2.75, 3.05) is 12.4 Å². The third-order valence-corrected chi connectivity index (χ3v) is 4.24. The first kappa shape index (κ1) is 13.3. The van der Waals surface area contributed by atoms with E-state index in [0.717, 1.165) is 10.6 Å². The Balaban J connectivity index is 1.58. The summed E-state index contributed by atoms with van der Waals surface area (Å²) in [6.45, 7) is 0.382. The van der Waals surface area contributed by atoms with Gasteiger partial charge < -0.3 is 14.6 Å². The molecule has 2 aromatic rings. The Morgan fingerprint density at radius 2 is 1.75 bits per heavy atom. The molecular formula is C16H16O3S. The maximum atomic E-state index is 10.2. The number of hydrogen-bond acceptors (Lipinski definition) is 4. The van der Waals surface area contributed by atoms with E-state index in [1.54, 1.807) is 11.8 Å². The van der Waals surface area contributed by atoms with E-state index in [1.807, 2.05) is 54.6 Å². The van der Waals surface area contributed by atoms with Gasteiger partial charge in [-0.25, -0.2) is 0 Å². The van der Waals surface area contributed by atoms with Gasteiger partial charge in [0.2, 0.25) is 0 Å². The van der Waals surface area contributed by atoms with E-state index in [0.29, 0.717) is 18.1 Å². The molecule has 0 radical (unpaired) electrons. The van der Waals surface area contributed by atoms with Crippen molar-refractivity contribution in [1.82, 2.24) is 0 Å². The van der Waals surface area contributed by atoms with Gasteiger partial charge in [-0.15, -0.1) is 11.8 Å². The Morgan fingerprint density at radius 1 is 1.05 bits per heavy atom. The maximum Gasteiger partial charge on any atom is 0.161 e. The van der Waals surface area contributed by atoms with Crippen LogP contribution >= 0.6 is 11.8 Å². The van der Waals surface area contributed by atoms with Gasteiger partial charge in [0.15, 0.2) is 17.6 Å². The van der Waals surface area contributed by atoms with Crippen molar-refractivity contribution in [3.05, 3.63) is 54.6 Å². The van der Waals surface area contributed by atoms with Crippen LogP contribution < -0.4 is 9.47 Å². The lowest BCUT2D eigenvalue weighted by Crippen LogP contribution is -2.41. The molecule has 0 aliphatic carbocycles. The fraction of sp³-hybridized carbons (Fsp3) is 0.250. The molecule has 0 bridgehead atoms. The fourth-order valence-electron chi connectivity index (χ4n) is 2.03. The van der Waals surface area contributed by atoms with E-state index in [9.17, 15) is 5.11 Å². The van der Waals surface area contributed by atoms with Crippen LogP contribution in [0, 0.1) is 0 Å². The van der Waals surface area contributed by atoms with E-state index in [2.05, 4.69) is 0 Å². The second-order valence-corrected chi connectivity index (χ2v) is 5.70. The fourth-order valence-corrected chi connectivity index (χ4v) is 2.96. The van der Waals surface area contributed by atoms with Gasteiger partial charge in [-0.1, -0.05) is 30.3 Å². The Morgan fingerprint density at radius 3 is 2.55 bits per heavy atom. The van der Waals surface area contributed by atoms with Gasteiger partial charge in [-0.05, 0) is 24.3 Å². The van der Waals surface area contributed by atoms with Gasteiger partial charge in [0, 0.05) is 10.6 Å². The van der Waals surface area contributed by atoms with Gasteiger partial charge in [-0.3, -0.25) is 0 Å². The number of aliphatic hydroxyl groups is 1. The van der Waals surface area contributed by atoms with Crippen molar-refractivity contribution in [1.29, 1.82) is 0 Å². The Hall–Kier alpha value is -1.65. The van der Waals surface area contributed by atoms with Crippen molar-refractivity contribution in [2.24, 2.45) is 0 Å². The van der Waals surface area contributed by atoms with Gasteiger partial charge in [-0.2, -0.15) is 0 Å². The molecule has 1 heterocycles.